The molecule has 1 saturated heterocycles. The first-order valence-electron chi connectivity index (χ1n) is 7.98. The van der Waals surface area contributed by atoms with Gasteiger partial charge in [-0.05, 0) is 48.4 Å². The van der Waals surface area contributed by atoms with Gasteiger partial charge in [-0.3, -0.25) is 9.59 Å². The minimum Gasteiger partial charge on any atom is -0.466 e. The molecule has 24 heavy (non-hydrogen) atoms. The SMILES string of the molecule is CCOC(=O)[C@H]1CCCN(C(=O)c2cccc(-n3cnnn3)c2)C1. The molecule has 8 nitrogen and oxygen atoms in total. The summed E-state index contributed by atoms with van der Waals surface area (Å²) < 4.78 is 6.58. The lowest BCUT2D eigenvalue weighted by Crippen LogP contribution is -2.42. The van der Waals surface area contributed by atoms with Crippen molar-refractivity contribution in [2.45, 2.75) is 19.8 Å². The number of carbonyl (C=O) groups is 2. The van der Waals surface area contributed by atoms with Crippen molar-refractivity contribution in [1.82, 2.24) is 25.1 Å². The van der Waals surface area contributed by atoms with Gasteiger partial charge < -0.3 is 9.64 Å². The molecule has 0 unspecified atom stereocenters. The number of ether oxygens (including phenoxy) is 1. The summed E-state index contributed by atoms with van der Waals surface area (Å²) in [7, 11) is 0. The highest BCUT2D eigenvalue weighted by Gasteiger charge is 2.29. The summed E-state index contributed by atoms with van der Waals surface area (Å²) in [4.78, 5) is 26.4. The summed E-state index contributed by atoms with van der Waals surface area (Å²) in [5, 5.41) is 11.0. The topological polar surface area (TPSA) is 90.2 Å². The van der Waals surface area contributed by atoms with Crippen LogP contribution in [0.3, 0.4) is 0 Å². The second-order valence-electron chi connectivity index (χ2n) is 5.65. The Kier molecular flexibility index (Phi) is 4.83. The van der Waals surface area contributed by atoms with Crippen LogP contribution in [0.25, 0.3) is 5.69 Å². The Hall–Kier alpha value is -2.77. The van der Waals surface area contributed by atoms with Crippen LogP contribution in [0.1, 0.15) is 30.1 Å². The lowest BCUT2D eigenvalue weighted by Gasteiger charge is -2.31. The number of tetrazole rings is 1. The monoisotopic (exact) mass is 329 g/mol. The lowest BCUT2D eigenvalue weighted by atomic mass is 9.97. The van der Waals surface area contributed by atoms with Crippen LogP contribution in [0.5, 0.6) is 0 Å². The van der Waals surface area contributed by atoms with Crippen molar-refractivity contribution in [3.05, 3.63) is 36.2 Å². The zero-order valence-electron chi connectivity index (χ0n) is 13.5. The first kappa shape index (κ1) is 16.1. The molecule has 0 saturated carbocycles. The zero-order valence-corrected chi connectivity index (χ0v) is 13.5. The summed E-state index contributed by atoms with van der Waals surface area (Å²) in [6.45, 7) is 3.18. The molecule has 3 rings (SSSR count). The van der Waals surface area contributed by atoms with E-state index < -0.39 is 0 Å². The highest BCUT2D eigenvalue weighted by atomic mass is 16.5. The summed E-state index contributed by atoms with van der Waals surface area (Å²) in [5.41, 5.74) is 1.26. The van der Waals surface area contributed by atoms with Crippen LogP contribution in [0.4, 0.5) is 0 Å². The molecule has 0 spiro atoms. The van der Waals surface area contributed by atoms with Crippen molar-refractivity contribution in [3.63, 3.8) is 0 Å². The number of rotatable bonds is 4. The highest BCUT2D eigenvalue weighted by molar-refractivity contribution is 5.95. The Morgan fingerprint density at radius 1 is 1.38 bits per heavy atom. The van der Waals surface area contributed by atoms with Crippen LogP contribution in [0.15, 0.2) is 30.6 Å². The third-order valence-electron chi connectivity index (χ3n) is 4.04. The van der Waals surface area contributed by atoms with E-state index in [1.165, 1.54) is 11.0 Å². The van der Waals surface area contributed by atoms with Crippen LogP contribution >= 0.6 is 0 Å². The third kappa shape index (κ3) is 3.42. The van der Waals surface area contributed by atoms with Gasteiger partial charge in [0.1, 0.15) is 6.33 Å². The normalized spacial score (nSPS) is 17.5. The van der Waals surface area contributed by atoms with Gasteiger partial charge in [0.05, 0.1) is 18.2 Å². The molecule has 0 N–H and O–H groups in total. The quantitative estimate of drug-likeness (QED) is 0.780. The van der Waals surface area contributed by atoms with Crippen LogP contribution in [-0.2, 0) is 9.53 Å². The van der Waals surface area contributed by atoms with Gasteiger partial charge >= 0.3 is 5.97 Å². The molecule has 0 radical (unpaired) electrons. The second-order valence-corrected chi connectivity index (χ2v) is 5.65. The Labute approximate surface area is 139 Å². The van der Waals surface area contributed by atoms with Crippen molar-refractivity contribution < 1.29 is 14.3 Å². The fourth-order valence-electron chi connectivity index (χ4n) is 2.86. The molecule has 0 aliphatic carbocycles. The van der Waals surface area contributed by atoms with Crippen LogP contribution in [0.2, 0.25) is 0 Å². The molecule has 8 heteroatoms. The Morgan fingerprint density at radius 3 is 3.00 bits per heavy atom. The van der Waals surface area contributed by atoms with Gasteiger partial charge in [0.25, 0.3) is 5.91 Å². The second kappa shape index (κ2) is 7.20. The summed E-state index contributed by atoms with van der Waals surface area (Å²) in [5.74, 6) is -0.568. The predicted molar refractivity (Wildman–Crippen MR) is 84.4 cm³/mol. The summed E-state index contributed by atoms with van der Waals surface area (Å²) in [6, 6.07) is 7.11. The van der Waals surface area contributed by atoms with Gasteiger partial charge in [-0.15, -0.1) is 5.10 Å². The number of aromatic nitrogens is 4. The van der Waals surface area contributed by atoms with Crippen molar-refractivity contribution in [2.75, 3.05) is 19.7 Å². The number of nitrogens with zero attached hydrogens (tertiary/aromatic N) is 5. The third-order valence-corrected chi connectivity index (χ3v) is 4.04. The van der Waals surface area contributed by atoms with E-state index in [1.807, 2.05) is 6.07 Å². The molecule has 0 bridgehead atoms. The Balaban J connectivity index is 1.74. The van der Waals surface area contributed by atoms with Gasteiger partial charge in [-0.2, -0.15) is 0 Å². The molecular weight excluding hydrogens is 310 g/mol. The Bertz CT molecular complexity index is 716. The van der Waals surface area contributed by atoms with E-state index in [0.29, 0.717) is 30.9 Å². The number of hydrogen-bond donors (Lipinski definition) is 0. The number of amides is 1. The van der Waals surface area contributed by atoms with E-state index in [4.69, 9.17) is 4.74 Å². The minimum absolute atomic E-state index is 0.0982. The molecular formula is C16H19N5O3. The minimum atomic E-state index is -0.245. The average Bonchev–Trinajstić information content (AvgIpc) is 3.16. The van der Waals surface area contributed by atoms with E-state index in [0.717, 1.165) is 12.8 Å². The van der Waals surface area contributed by atoms with Gasteiger partial charge in [0.15, 0.2) is 0 Å². The maximum Gasteiger partial charge on any atom is 0.310 e. The number of hydrogen-bond acceptors (Lipinski definition) is 6. The van der Waals surface area contributed by atoms with E-state index >= 15 is 0 Å². The van der Waals surface area contributed by atoms with E-state index in [1.54, 1.807) is 30.0 Å². The highest BCUT2D eigenvalue weighted by Crippen LogP contribution is 2.20. The lowest BCUT2D eigenvalue weighted by molar-refractivity contribution is -0.149. The van der Waals surface area contributed by atoms with Crippen molar-refractivity contribution in [1.29, 1.82) is 0 Å². The number of piperidine rings is 1. The van der Waals surface area contributed by atoms with E-state index in [2.05, 4.69) is 15.5 Å². The van der Waals surface area contributed by atoms with Gasteiger partial charge in [0.2, 0.25) is 0 Å². The molecule has 1 aromatic heterocycles. The molecule has 2 heterocycles. The van der Waals surface area contributed by atoms with Crippen LogP contribution in [0, 0.1) is 5.92 Å². The van der Waals surface area contributed by atoms with Crippen molar-refractivity contribution in [3.8, 4) is 5.69 Å². The largest absolute Gasteiger partial charge is 0.466 e. The molecule has 1 fully saturated rings. The molecule has 1 aliphatic rings. The van der Waals surface area contributed by atoms with Gasteiger partial charge in [0, 0.05) is 18.7 Å². The molecule has 2 aromatic rings. The fourth-order valence-corrected chi connectivity index (χ4v) is 2.86. The smallest absolute Gasteiger partial charge is 0.310 e. The van der Waals surface area contributed by atoms with Gasteiger partial charge in [-0.1, -0.05) is 6.07 Å². The number of benzene rings is 1. The Morgan fingerprint density at radius 2 is 2.25 bits per heavy atom. The fraction of sp³-hybridized carbons (Fsp3) is 0.438. The first-order valence-corrected chi connectivity index (χ1v) is 7.98. The van der Waals surface area contributed by atoms with E-state index in [9.17, 15) is 9.59 Å². The van der Waals surface area contributed by atoms with Crippen LogP contribution < -0.4 is 0 Å². The first-order chi connectivity index (χ1) is 11.7. The number of esters is 1. The number of likely N-dealkylation sites (tertiary alicyclic amines) is 1. The average molecular weight is 329 g/mol. The van der Waals surface area contributed by atoms with Gasteiger partial charge in [-0.25, -0.2) is 4.68 Å². The maximum atomic E-state index is 12.8. The molecule has 126 valence electrons. The predicted octanol–water partition coefficient (Wildman–Crippen LogP) is 1.08. The maximum absolute atomic E-state index is 12.8. The molecule has 1 atom stereocenters. The molecule has 1 aromatic carbocycles. The summed E-state index contributed by atoms with van der Waals surface area (Å²) in [6.07, 6.45) is 3.02. The van der Waals surface area contributed by atoms with E-state index in [-0.39, 0.29) is 17.8 Å². The van der Waals surface area contributed by atoms with Crippen LogP contribution in [-0.4, -0.2) is 56.7 Å². The number of carbonyl (C=O) groups excluding carboxylic acids is 2. The zero-order chi connectivity index (χ0) is 16.9. The molecule has 1 amide bonds. The summed E-state index contributed by atoms with van der Waals surface area (Å²) >= 11 is 0. The standard InChI is InChI=1S/C16H19N5O3/c1-2-24-16(23)13-6-4-8-20(10-13)15(22)12-5-3-7-14(9-12)21-11-17-18-19-21/h3,5,7,9,11,13H,2,4,6,8,10H2,1H3/t13-/m0/s1. The van der Waals surface area contributed by atoms with Crippen molar-refractivity contribution >= 4 is 11.9 Å². The molecule has 1 aliphatic heterocycles. The van der Waals surface area contributed by atoms with Crippen molar-refractivity contribution in [2.24, 2.45) is 5.92 Å².